The van der Waals surface area contributed by atoms with Crippen LogP contribution in [0.25, 0.3) is 11.2 Å². The first-order valence-electron chi connectivity index (χ1n) is 12.0. The molecule has 0 bridgehead atoms. The van der Waals surface area contributed by atoms with Gasteiger partial charge >= 0.3 is 0 Å². The van der Waals surface area contributed by atoms with E-state index in [0.29, 0.717) is 27.7 Å². The number of anilines is 1. The first-order valence-corrected chi connectivity index (χ1v) is 13.0. The molecule has 5 rings (SSSR count). The predicted molar refractivity (Wildman–Crippen MR) is 128 cm³/mol. The van der Waals surface area contributed by atoms with Gasteiger partial charge in [0.25, 0.3) is 0 Å². The van der Waals surface area contributed by atoms with Crippen LogP contribution in [0.1, 0.15) is 43.7 Å². The first-order chi connectivity index (χ1) is 17.4. The number of nitrogens with one attached hydrogen (secondary N) is 1. The number of benzene rings is 1. The molecule has 0 radical (unpaired) electrons. The molecule has 0 amide bonds. The van der Waals surface area contributed by atoms with E-state index in [0.717, 1.165) is 24.7 Å². The number of nitrogens with zero attached hydrogens (tertiary/aromatic N) is 5. The number of halogens is 2. The fourth-order valence-electron chi connectivity index (χ4n) is 4.61. The topological polar surface area (TPSA) is 138 Å². The molecule has 2 fully saturated rings. The van der Waals surface area contributed by atoms with Gasteiger partial charge in [0.05, 0.1) is 25.4 Å². The van der Waals surface area contributed by atoms with Crippen LogP contribution in [0.2, 0.25) is 0 Å². The highest BCUT2D eigenvalue weighted by Gasteiger charge is 2.45. The van der Waals surface area contributed by atoms with Gasteiger partial charge in [-0.05, 0) is 30.5 Å². The van der Waals surface area contributed by atoms with Gasteiger partial charge in [0.15, 0.2) is 33.8 Å². The van der Waals surface area contributed by atoms with Crippen LogP contribution in [0.3, 0.4) is 0 Å². The molecule has 2 aliphatic rings. The molecule has 194 valence electrons. The summed E-state index contributed by atoms with van der Waals surface area (Å²) < 4.78 is 34.0. The van der Waals surface area contributed by atoms with Crippen LogP contribution < -0.4 is 5.32 Å². The van der Waals surface area contributed by atoms with Gasteiger partial charge in [0, 0.05) is 24.1 Å². The Labute approximate surface area is 210 Å². The van der Waals surface area contributed by atoms with Crippen LogP contribution >= 0.6 is 11.8 Å². The van der Waals surface area contributed by atoms with Gasteiger partial charge in [-0.15, -0.1) is 5.10 Å². The first kappa shape index (κ1) is 25.2. The average molecular weight is 523 g/mol. The fourth-order valence-corrected chi connectivity index (χ4v) is 5.31. The summed E-state index contributed by atoms with van der Waals surface area (Å²) >= 11 is 1.48. The Kier molecular flexibility index (Phi) is 7.35. The van der Waals surface area contributed by atoms with Crippen molar-refractivity contribution in [3.63, 3.8) is 0 Å². The van der Waals surface area contributed by atoms with Crippen molar-refractivity contribution in [1.82, 2.24) is 25.0 Å². The lowest BCUT2D eigenvalue weighted by Crippen LogP contribution is -2.33. The van der Waals surface area contributed by atoms with E-state index in [2.05, 4.69) is 32.5 Å². The molecule has 4 N–H and O–H groups in total. The zero-order valence-electron chi connectivity index (χ0n) is 19.6. The Morgan fingerprint density at radius 1 is 1.17 bits per heavy atom. The minimum atomic E-state index is -1.15. The number of rotatable bonds is 10. The Balaban J connectivity index is 1.43. The van der Waals surface area contributed by atoms with E-state index >= 15 is 0 Å². The summed E-state index contributed by atoms with van der Waals surface area (Å²) in [5, 5.41) is 42.5. The predicted octanol–water partition coefficient (Wildman–Crippen LogP) is 2.01. The van der Waals surface area contributed by atoms with Crippen LogP contribution in [-0.4, -0.2) is 83.6 Å². The fraction of sp³-hybridized carbons (Fsp3) is 0.565. The molecule has 6 atom stereocenters. The molecule has 0 spiro atoms. The lowest BCUT2D eigenvalue weighted by atomic mass is 10.1. The van der Waals surface area contributed by atoms with Crippen molar-refractivity contribution in [3.05, 3.63) is 35.4 Å². The summed E-state index contributed by atoms with van der Waals surface area (Å²) in [5.74, 6) is -0.472. The number of aliphatic hydroxyl groups is 3. The van der Waals surface area contributed by atoms with Gasteiger partial charge in [0.2, 0.25) is 0 Å². The summed E-state index contributed by atoms with van der Waals surface area (Å²) in [6.07, 6.45) is -1.04. The molecule has 6 unspecified atom stereocenters. The largest absolute Gasteiger partial charge is 0.394 e. The van der Waals surface area contributed by atoms with Crippen LogP contribution in [0.5, 0.6) is 0 Å². The Morgan fingerprint density at radius 2 is 2.00 bits per heavy atom. The van der Waals surface area contributed by atoms with Gasteiger partial charge in [-0.25, -0.2) is 23.4 Å². The molecule has 2 aromatic heterocycles. The van der Waals surface area contributed by atoms with E-state index in [4.69, 9.17) is 9.84 Å². The summed E-state index contributed by atoms with van der Waals surface area (Å²) in [7, 11) is 0. The van der Waals surface area contributed by atoms with Crippen molar-refractivity contribution < 1.29 is 28.8 Å². The quantitative estimate of drug-likeness (QED) is 0.231. The molecule has 36 heavy (non-hydrogen) atoms. The summed E-state index contributed by atoms with van der Waals surface area (Å²) in [4.78, 5) is 9.27. The third-order valence-electron chi connectivity index (χ3n) is 6.56. The van der Waals surface area contributed by atoms with Crippen LogP contribution in [0, 0.1) is 11.6 Å². The Morgan fingerprint density at radius 3 is 2.75 bits per heavy atom. The Hall–Kier alpha value is -2.45. The molecule has 10 nitrogen and oxygen atoms in total. The summed E-state index contributed by atoms with van der Waals surface area (Å²) in [6.45, 7) is 1.91. The monoisotopic (exact) mass is 522 g/mol. The minimum Gasteiger partial charge on any atom is -0.394 e. The maximum absolute atomic E-state index is 13.7. The summed E-state index contributed by atoms with van der Waals surface area (Å²) in [6, 6.07) is 3.26. The third-order valence-corrected chi connectivity index (χ3v) is 7.61. The van der Waals surface area contributed by atoms with Crippen LogP contribution in [0.4, 0.5) is 14.6 Å². The highest BCUT2D eigenvalue weighted by molar-refractivity contribution is 7.99. The second kappa shape index (κ2) is 10.5. The molecule has 0 saturated heterocycles. The third kappa shape index (κ3) is 4.90. The molecule has 2 aliphatic carbocycles. The van der Waals surface area contributed by atoms with Crippen molar-refractivity contribution in [2.45, 2.75) is 67.7 Å². The van der Waals surface area contributed by atoms with Gasteiger partial charge in [-0.3, -0.25) is 0 Å². The zero-order chi connectivity index (χ0) is 25.4. The van der Waals surface area contributed by atoms with Gasteiger partial charge in [0.1, 0.15) is 12.2 Å². The van der Waals surface area contributed by atoms with E-state index < -0.39 is 36.0 Å². The van der Waals surface area contributed by atoms with Crippen molar-refractivity contribution in [2.24, 2.45) is 0 Å². The van der Waals surface area contributed by atoms with E-state index in [1.54, 1.807) is 6.07 Å². The van der Waals surface area contributed by atoms with Crippen molar-refractivity contribution in [3.8, 4) is 0 Å². The standard InChI is InChI=1S/C23H28F2N6O4S/c1-2-7-36-23-27-21(26-15-9-12(15)11-3-4-13(24)14(25)8-11)18-22(28-23)31(30-29-18)16-10-17(35-6-5-32)20(34)19(16)33/h3-4,8,12,15-17,19-20,32-34H,2,5-7,9-10H2,1H3,(H,26,27,28). The number of fused-ring (bicyclic) bond motifs is 1. The van der Waals surface area contributed by atoms with E-state index in [9.17, 15) is 19.0 Å². The van der Waals surface area contributed by atoms with E-state index in [-0.39, 0.29) is 31.6 Å². The molecular weight excluding hydrogens is 494 g/mol. The minimum absolute atomic E-state index is 0.00291. The van der Waals surface area contributed by atoms with Gasteiger partial charge in [-0.1, -0.05) is 30.0 Å². The van der Waals surface area contributed by atoms with Crippen LogP contribution in [0.15, 0.2) is 23.4 Å². The number of aromatic nitrogens is 5. The number of thioether (sulfide) groups is 1. The SMILES string of the molecule is CCCSc1nc(NC2CC2c2ccc(F)c(F)c2)c2nnn(C3CC(OCCO)C(O)C3O)c2n1. The molecule has 3 aromatic rings. The maximum atomic E-state index is 13.7. The number of ether oxygens (including phenoxy) is 1. The second-order valence-electron chi connectivity index (χ2n) is 9.09. The van der Waals surface area contributed by atoms with Crippen LogP contribution in [-0.2, 0) is 4.74 Å². The smallest absolute Gasteiger partial charge is 0.191 e. The van der Waals surface area contributed by atoms with E-state index in [1.807, 2.05) is 0 Å². The normalized spacial score (nSPS) is 27.6. The number of aliphatic hydroxyl groups excluding tert-OH is 3. The van der Waals surface area contributed by atoms with Gasteiger partial charge in [-0.2, -0.15) is 0 Å². The van der Waals surface area contributed by atoms with Crippen molar-refractivity contribution in [2.75, 3.05) is 24.3 Å². The number of hydrogen-bond donors (Lipinski definition) is 4. The maximum Gasteiger partial charge on any atom is 0.191 e. The highest BCUT2D eigenvalue weighted by Crippen LogP contribution is 2.44. The number of hydrogen-bond acceptors (Lipinski definition) is 10. The van der Waals surface area contributed by atoms with Crippen molar-refractivity contribution >= 4 is 28.7 Å². The molecule has 1 aromatic carbocycles. The Bertz CT molecular complexity index is 1230. The molecular formula is C23H28F2N6O4S. The lowest BCUT2D eigenvalue weighted by Gasteiger charge is -2.17. The molecule has 13 heteroatoms. The molecule has 2 saturated carbocycles. The zero-order valence-corrected chi connectivity index (χ0v) is 20.4. The molecule has 0 aliphatic heterocycles. The van der Waals surface area contributed by atoms with Gasteiger partial charge < -0.3 is 25.4 Å². The average Bonchev–Trinajstić information content (AvgIpc) is 3.41. The second-order valence-corrected chi connectivity index (χ2v) is 10.2. The molecule has 2 heterocycles. The highest BCUT2D eigenvalue weighted by atomic mass is 32.2. The van der Waals surface area contributed by atoms with E-state index in [1.165, 1.54) is 22.5 Å². The summed E-state index contributed by atoms with van der Waals surface area (Å²) in [5.41, 5.74) is 1.53. The van der Waals surface area contributed by atoms with Crippen molar-refractivity contribution in [1.29, 1.82) is 0 Å². The lowest BCUT2D eigenvalue weighted by molar-refractivity contribution is -0.0629.